The van der Waals surface area contributed by atoms with Crippen molar-refractivity contribution in [3.63, 3.8) is 0 Å². The van der Waals surface area contributed by atoms with Crippen LogP contribution in [0.4, 0.5) is 15.8 Å². The van der Waals surface area contributed by atoms with Crippen molar-refractivity contribution < 1.29 is 9.18 Å². The zero-order chi connectivity index (χ0) is 15.7. The summed E-state index contributed by atoms with van der Waals surface area (Å²) in [4.78, 5) is 14.3. The van der Waals surface area contributed by atoms with Crippen LogP contribution in [0.5, 0.6) is 0 Å². The van der Waals surface area contributed by atoms with Crippen LogP contribution in [0.25, 0.3) is 22.0 Å². The standard InChI is InChI=1S/C16H13ClFN3O/c17-7-16(22)21-14-4-1-9(5-13(14)19)12-8-20-15-6-10(18)2-3-11(12)15/h1-6,8,20H,7,19H2,(H,21,22). The molecule has 4 nitrogen and oxygen atoms in total. The Labute approximate surface area is 131 Å². The maximum Gasteiger partial charge on any atom is 0.239 e. The molecule has 0 aliphatic heterocycles. The van der Waals surface area contributed by atoms with Gasteiger partial charge >= 0.3 is 0 Å². The molecule has 0 saturated heterocycles. The molecule has 0 saturated carbocycles. The average Bonchev–Trinajstić information content (AvgIpc) is 2.92. The Hall–Kier alpha value is -2.53. The number of carbonyl (C=O) groups excluding carboxylic acids is 1. The second-order valence-electron chi connectivity index (χ2n) is 4.88. The molecule has 0 spiro atoms. The van der Waals surface area contributed by atoms with Crippen LogP contribution < -0.4 is 11.1 Å². The summed E-state index contributed by atoms with van der Waals surface area (Å²) >= 11 is 5.46. The van der Waals surface area contributed by atoms with E-state index >= 15 is 0 Å². The van der Waals surface area contributed by atoms with E-state index in [0.717, 1.165) is 16.5 Å². The molecule has 3 aromatic rings. The van der Waals surface area contributed by atoms with Crippen molar-refractivity contribution in [2.24, 2.45) is 0 Å². The molecule has 1 heterocycles. The molecular weight excluding hydrogens is 305 g/mol. The lowest BCUT2D eigenvalue weighted by Gasteiger charge is -2.09. The van der Waals surface area contributed by atoms with Crippen LogP contribution in [0.3, 0.4) is 0 Å². The Balaban J connectivity index is 2.01. The number of benzene rings is 2. The molecule has 3 rings (SSSR count). The summed E-state index contributed by atoms with van der Waals surface area (Å²) in [5.74, 6) is -0.738. The smallest absolute Gasteiger partial charge is 0.239 e. The fourth-order valence-corrected chi connectivity index (χ4v) is 2.43. The van der Waals surface area contributed by atoms with Gasteiger partial charge in [-0.05, 0) is 35.9 Å². The minimum Gasteiger partial charge on any atom is -0.397 e. The first-order valence-corrected chi connectivity index (χ1v) is 7.14. The quantitative estimate of drug-likeness (QED) is 0.509. The SMILES string of the molecule is Nc1cc(-c2c[nH]c3cc(F)ccc23)ccc1NC(=O)CCl. The van der Waals surface area contributed by atoms with Crippen molar-refractivity contribution in [1.82, 2.24) is 4.98 Å². The van der Waals surface area contributed by atoms with E-state index in [2.05, 4.69) is 10.3 Å². The summed E-state index contributed by atoms with van der Waals surface area (Å²) in [5.41, 5.74) is 9.43. The first-order valence-electron chi connectivity index (χ1n) is 6.61. The molecule has 0 fully saturated rings. The molecule has 0 aliphatic carbocycles. The molecule has 0 radical (unpaired) electrons. The predicted octanol–water partition coefficient (Wildman–Crippen LogP) is 3.73. The third-order valence-corrected chi connectivity index (χ3v) is 3.64. The lowest BCUT2D eigenvalue weighted by Crippen LogP contribution is -2.13. The number of aromatic nitrogens is 1. The number of halogens is 2. The number of rotatable bonds is 3. The van der Waals surface area contributed by atoms with Gasteiger partial charge in [0, 0.05) is 22.7 Å². The van der Waals surface area contributed by atoms with Gasteiger partial charge in [-0.15, -0.1) is 11.6 Å². The van der Waals surface area contributed by atoms with E-state index in [4.69, 9.17) is 17.3 Å². The fourth-order valence-electron chi connectivity index (χ4n) is 2.36. The van der Waals surface area contributed by atoms with Gasteiger partial charge in [-0.25, -0.2) is 4.39 Å². The molecule has 2 aromatic carbocycles. The van der Waals surface area contributed by atoms with Crippen LogP contribution in [-0.2, 0) is 4.79 Å². The first-order chi connectivity index (χ1) is 10.6. The predicted molar refractivity (Wildman–Crippen MR) is 87.5 cm³/mol. The summed E-state index contributed by atoms with van der Waals surface area (Å²) in [6.07, 6.45) is 1.80. The monoisotopic (exact) mass is 317 g/mol. The maximum atomic E-state index is 13.2. The van der Waals surface area contributed by atoms with E-state index in [-0.39, 0.29) is 17.6 Å². The van der Waals surface area contributed by atoms with Crippen molar-refractivity contribution in [1.29, 1.82) is 0 Å². The Bertz CT molecular complexity index is 860. The number of H-pyrrole nitrogens is 1. The van der Waals surface area contributed by atoms with Crippen molar-refractivity contribution >= 4 is 39.8 Å². The number of fused-ring (bicyclic) bond motifs is 1. The van der Waals surface area contributed by atoms with Gasteiger partial charge in [-0.1, -0.05) is 6.07 Å². The lowest BCUT2D eigenvalue weighted by atomic mass is 10.0. The van der Waals surface area contributed by atoms with Gasteiger partial charge < -0.3 is 16.0 Å². The molecule has 0 atom stereocenters. The third-order valence-electron chi connectivity index (χ3n) is 3.40. The molecule has 4 N–H and O–H groups in total. The summed E-state index contributed by atoms with van der Waals surface area (Å²) in [5, 5.41) is 3.52. The molecule has 112 valence electrons. The molecule has 6 heteroatoms. The van der Waals surface area contributed by atoms with Crippen LogP contribution in [-0.4, -0.2) is 16.8 Å². The topological polar surface area (TPSA) is 70.9 Å². The maximum absolute atomic E-state index is 13.2. The van der Waals surface area contributed by atoms with Crippen LogP contribution in [0.1, 0.15) is 0 Å². The molecule has 0 bridgehead atoms. The number of nitrogens with two attached hydrogens (primary N) is 1. The third kappa shape index (κ3) is 2.63. The van der Waals surface area contributed by atoms with Crippen LogP contribution in [0.2, 0.25) is 0 Å². The highest BCUT2D eigenvalue weighted by Crippen LogP contribution is 2.32. The second kappa shape index (κ2) is 5.69. The summed E-state index contributed by atoms with van der Waals surface area (Å²) in [7, 11) is 0. The molecule has 1 aromatic heterocycles. The van der Waals surface area contributed by atoms with Crippen LogP contribution in [0, 0.1) is 5.82 Å². The zero-order valence-corrected chi connectivity index (χ0v) is 12.2. The first kappa shape index (κ1) is 14.4. The molecule has 0 unspecified atom stereocenters. The number of nitrogen functional groups attached to an aromatic ring is 1. The summed E-state index contributed by atoms with van der Waals surface area (Å²) in [6.45, 7) is 0. The Morgan fingerprint density at radius 3 is 2.82 bits per heavy atom. The highest BCUT2D eigenvalue weighted by Gasteiger charge is 2.10. The number of hydrogen-bond donors (Lipinski definition) is 3. The molecular formula is C16H13ClFN3O. The van der Waals surface area contributed by atoms with Gasteiger partial charge in [-0.2, -0.15) is 0 Å². The molecule has 1 amide bonds. The average molecular weight is 318 g/mol. The van der Waals surface area contributed by atoms with Crippen molar-refractivity contribution in [2.75, 3.05) is 16.9 Å². The number of alkyl halides is 1. The van der Waals surface area contributed by atoms with Crippen molar-refractivity contribution in [2.45, 2.75) is 0 Å². The lowest BCUT2D eigenvalue weighted by molar-refractivity contribution is -0.113. The number of nitrogens with one attached hydrogen (secondary N) is 2. The normalized spacial score (nSPS) is 10.8. The highest BCUT2D eigenvalue weighted by atomic mass is 35.5. The van der Waals surface area contributed by atoms with E-state index in [1.54, 1.807) is 24.4 Å². The van der Waals surface area contributed by atoms with Gasteiger partial charge in [0.15, 0.2) is 0 Å². The fraction of sp³-hybridized carbons (Fsp3) is 0.0625. The van der Waals surface area contributed by atoms with Gasteiger partial charge in [0.1, 0.15) is 11.7 Å². The van der Waals surface area contributed by atoms with Gasteiger partial charge in [0.05, 0.1) is 11.4 Å². The van der Waals surface area contributed by atoms with Crippen molar-refractivity contribution in [3.05, 3.63) is 48.4 Å². The number of aromatic amines is 1. The molecule has 22 heavy (non-hydrogen) atoms. The minimum atomic E-state index is -0.316. The van der Waals surface area contributed by atoms with Gasteiger partial charge in [-0.3, -0.25) is 4.79 Å². The minimum absolute atomic E-state index is 0.130. The Morgan fingerprint density at radius 1 is 1.27 bits per heavy atom. The van der Waals surface area contributed by atoms with E-state index in [9.17, 15) is 9.18 Å². The Kier molecular flexibility index (Phi) is 3.73. The van der Waals surface area contributed by atoms with Crippen molar-refractivity contribution in [3.8, 4) is 11.1 Å². The number of anilines is 2. The van der Waals surface area contributed by atoms with Gasteiger partial charge in [0.25, 0.3) is 0 Å². The summed E-state index contributed by atoms with van der Waals surface area (Å²) < 4.78 is 13.2. The number of carbonyl (C=O) groups is 1. The number of amides is 1. The Morgan fingerprint density at radius 2 is 2.09 bits per heavy atom. The molecule has 0 aliphatic rings. The highest BCUT2D eigenvalue weighted by molar-refractivity contribution is 6.29. The largest absolute Gasteiger partial charge is 0.397 e. The van der Waals surface area contributed by atoms with E-state index in [1.807, 2.05) is 6.07 Å². The van der Waals surface area contributed by atoms with Crippen LogP contribution in [0.15, 0.2) is 42.6 Å². The van der Waals surface area contributed by atoms with E-state index in [1.165, 1.54) is 12.1 Å². The number of hydrogen-bond acceptors (Lipinski definition) is 2. The second-order valence-corrected chi connectivity index (χ2v) is 5.14. The van der Waals surface area contributed by atoms with Gasteiger partial charge in [0.2, 0.25) is 5.91 Å². The van der Waals surface area contributed by atoms with Crippen LogP contribution >= 0.6 is 11.6 Å². The zero-order valence-electron chi connectivity index (χ0n) is 11.5. The van der Waals surface area contributed by atoms with E-state index in [0.29, 0.717) is 16.9 Å². The summed E-state index contributed by atoms with van der Waals surface area (Å²) in [6, 6.07) is 9.89. The van der Waals surface area contributed by atoms with E-state index < -0.39 is 0 Å².